The molecule has 0 aromatic heterocycles. The smallest absolute Gasteiger partial charge is 0.0349 e. The van der Waals surface area contributed by atoms with E-state index in [0.717, 1.165) is 15.4 Å². The van der Waals surface area contributed by atoms with Crippen LogP contribution < -0.4 is 5.73 Å². The summed E-state index contributed by atoms with van der Waals surface area (Å²) in [7, 11) is 0. The third-order valence-electron chi connectivity index (χ3n) is 1.45. The molecule has 0 bridgehead atoms. The van der Waals surface area contributed by atoms with E-state index in [2.05, 4.69) is 37.9 Å². The van der Waals surface area contributed by atoms with Crippen LogP contribution in [0, 0.1) is 0 Å². The molecule has 0 unspecified atom stereocenters. The van der Waals surface area contributed by atoms with Gasteiger partial charge in [0.15, 0.2) is 0 Å². The summed E-state index contributed by atoms with van der Waals surface area (Å²) < 4.78 is 2.20. The van der Waals surface area contributed by atoms with Crippen LogP contribution in [0.2, 0.25) is 0 Å². The molecule has 60 valence electrons. The van der Waals surface area contributed by atoms with Crippen LogP contribution in [0.5, 0.6) is 0 Å². The van der Waals surface area contributed by atoms with Gasteiger partial charge in [-0.05, 0) is 56.5 Å². The molecule has 0 heterocycles. The number of hydrogen-bond acceptors (Lipinski definition) is 1. The van der Waals surface area contributed by atoms with Crippen molar-refractivity contribution in [1.29, 1.82) is 0 Å². The quantitative estimate of drug-likeness (QED) is 0.885. The predicted octanol–water partition coefficient (Wildman–Crippen LogP) is 2.71. The summed E-state index contributed by atoms with van der Waals surface area (Å²) in [6.45, 7) is 0.690. The molecule has 0 aliphatic carbocycles. The first kappa shape index (κ1) is 9.23. The van der Waals surface area contributed by atoms with Crippen molar-refractivity contribution < 1.29 is 0 Å². The molecular weight excluding hydrogens is 270 g/mol. The van der Waals surface area contributed by atoms with Gasteiger partial charge in [-0.2, -0.15) is 0 Å². The van der Waals surface area contributed by atoms with Crippen molar-refractivity contribution in [1.82, 2.24) is 0 Å². The third-order valence-corrected chi connectivity index (χ3v) is 3.57. The molecule has 0 aliphatic heterocycles. The number of hydrogen-bond donors (Lipinski definition) is 1. The van der Waals surface area contributed by atoms with E-state index in [0.29, 0.717) is 6.54 Å². The second-order valence-corrected chi connectivity index (χ2v) is 3.90. The van der Waals surface area contributed by atoms with Crippen molar-refractivity contribution in [2.45, 2.75) is 6.42 Å². The lowest BCUT2D eigenvalue weighted by Gasteiger charge is -2.03. The molecule has 0 spiro atoms. The van der Waals surface area contributed by atoms with Crippen LogP contribution in [-0.4, -0.2) is 6.54 Å². The van der Waals surface area contributed by atoms with Gasteiger partial charge < -0.3 is 5.73 Å². The van der Waals surface area contributed by atoms with E-state index < -0.39 is 0 Å². The summed E-state index contributed by atoms with van der Waals surface area (Å²) in [5.41, 5.74) is 6.70. The Kier molecular flexibility index (Phi) is 3.55. The summed E-state index contributed by atoms with van der Waals surface area (Å²) in [6, 6.07) is 6.09. The van der Waals surface area contributed by atoms with Gasteiger partial charge >= 0.3 is 0 Å². The number of benzene rings is 1. The highest BCUT2D eigenvalue weighted by molar-refractivity contribution is 9.13. The molecule has 0 saturated carbocycles. The van der Waals surface area contributed by atoms with Crippen LogP contribution in [0.25, 0.3) is 0 Å². The van der Waals surface area contributed by atoms with Crippen molar-refractivity contribution in [3.05, 3.63) is 32.7 Å². The maximum atomic E-state index is 5.44. The largest absolute Gasteiger partial charge is 0.330 e. The lowest BCUT2D eigenvalue weighted by Crippen LogP contribution is -2.03. The Balaban J connectivity index is 2.96. The van der Waals surface area contributed by atoms with Crippen LogP contribution in [0.3, 0.4) is 0 Å². The molecule has 11 heavy (non-hydrogen) atoms. The Morgan fingerprint density at radius 1 is 1.27 bits per heavy atom. The summed E-state index contributed by atoms with van der Waals surface area (Å²) >= 11 is 6.91. The molecule has 0 atom stereocenters. The number of nitrogens with two attached hydrogens (primary N) is 1. The minimum absolute atomic E-state index is 0.690. The molecule has 0 radical (unpaired) electrons. The first-order valence-electron chi connectivity index (χ1n) is 3.38. The fraction of sp³-hybridized carbons (Fsp3) is 0.250. The Morgan fingerprint density at radius 2 is 2.00 bits per heavy atom. The zero-order valence-corrected chi connectivity index (χ0v) is 9.15. The molecule has 1 aromatic rings. The van der Waals surface area contributed by atoms with Gasteiger partial charge in [0.25, 0.3) is 0 Å². The summed E-state index contributed by atoms with van der Waals surface area (Å²) in [5, 5.41) is 0. The van der Waals surface area contributed by atoms with Crippen molar-refractivity contribution >= 4 is 31.9 Å². The first-order chi connectivity index (χ1) is 5.25. The van der Waals surface area contributed by atoms with E-state index in [1.165, 1.54) is 5.56 Å². The monoisotopic (exact) mass is 277 g/mol. The fourth-order valence-electron chi connectivity index (χ4n) is 0.897. The van der Waals surface area contributed by atoms with Gasteiger partial charge in [0.1, 0.15) is 0 Å². The van der Waals surface area contributed by atoms with Gasteiger partial charge in [-0.3, -0.25) is 0 Å². The van der Waals surface area contributed by atoms with Gasteiger partial charge in [0.2, 0.25) is 0 Å². The van der Waals surface area contributed by atoms with Gasteiger partial charge in [0, 0.05) is 8.95 Å². The fourth-order valence-corrected chi connectivity index (χ4v) is 1.77. The molecule has 1 rings (SSSR count). The Morgan fingerprint density at radius 3 is 2.64 bits per heavy atom. The maximum Gasteiger partial charge on any atom is 0.0349 e. The number of halogens is 2. The Hall–Kier alpha value is 0.140. The predicted molar refractivity (Wildman–Crippen MR) is 54.6 cm³/mol. The Labute approximate surface area is 83.2 Å². The SMILES string of the molecule is NCCc1cccc(Br)c1Br. The van der Waals surface area contributed by atoms with Crippen molar-refractivity contribution in [2.24, 2.45) is 5.73 Å². The highest BCUT2D eigenvalue weighted by Gasteiger charge is 2.00. The lowest BCUT2D eigenvalue weighted by atomic mass is 10.2. The first-order valence-corrected chi connectivity index (χ1v) is 4.97. The van der Waals surface area contributed by atoms with E-state index in [-0.39, 0.29) is 0 Å². The molecular formula is C8H9Br2N. The van der Waals surface area contributed by atoms with E-state index in [4.69, 9.17) is 5.73 Å². The zero-order chi connectivity index (χ0) is 8.27. The van der Waals surface area contributed by atoms with E-state index in [1.807, 2.05) is 12.1 Å². The minimum Gasteiger partial charge on any atom is -0.330 e. The van der Waals surface area contributed by atoms with Gasteiger partial charge in [-0.1, -0.05) is 12.1 Å². The third kappa shape index (κ3) is 2.29. The van der Waals surface area contributed by atoms with E-state index in [9.17, 15) is 0 Å². The van der Waals surface area contributed by atoms with E-state index >= 15 is 0 Å². The highest BCUT2D eigenvalue weighted by atomic mass is 79.9. The molecule has 0 amide bonds. The summed E-state index contributed by atoms with van der Waals surface area (Å²) in [6.07, 6.45) is 0.917. The van der Waals surface area contributed by atoms with Crippen LogP contribution in [-0.2, 0) is 6.42 Å². The maximum absolute atomic E-state index is 5.44. The van der Waals surface area contributed by atoms with Crippen molar-refractivity contribution in [3.63, 3.8) is 0 Å². The molecule has 1 nitrogen and oxygen atoms in total. The Bertz CT molecular complexity index is 248. The molecule has 0 fully saturated rings. The van der Waals surface area contributed by atoms with Crippen molar-refractivity contribution in [3.8, 4) is 0 Å². The zero-order valence-electron chi connectivity index (χ0n) is 5.98. The van der Waals surface area contributed by atoms with Gasteiger partial charge in [0.05, 0.1) is 0 Å². The van der Waals surface area contributed by atoms with Crippen molar-refractivity contribution in [2.75, 3.05) is 6.54 Å². The lowest BCUT2D eigenvalue weighted by molar-refractivity contribution is 0.962. The van der Waals surface area contributed by atoms with Gasteiger partial charge in [-0.15, -0.1) is 0 Å². The second-order valence-electron chi connectivity index (χ2n) is 2.25. The standard InChI is InChI=1S/C8H9Br2N/c9-7-3-1-2-6(4-5-11)8(7)10/h1-3H,4-5,11H2. The molecule has 0 aliphatic rings. The second kappa shape index (κ2) is 4.24. The average molecular weight is 279 g/mol. The average Bonchev–Trinajstić information content (AvgIpc) is 1.99. The topological polar surface area (TPSA) is 26.0 Å². The highest BCUT2D eigenvalue weighted by Crippen LogP contribution is 2.26. The molecule has 2 N–H and O–H groups in total. The summed E-state index contributed by atoms with van der Waals surface area (Å²) in [4.78, 5) is 0. The van der Waals surface area contributed by atoms with E-state index in [1.54, 1.807) is 0 Å². The molecule has 3 heteroatoms. The van der Waals surface area contributed by atoms with Crippen LogP contribution in [0.1, 0.15) is 5.56 Å². The van der Waals surface area contributed by atoms with Crippen LogP contribution in [0.4, 0.5) is 0 Å². The number of rotatable bonds is 2. The molecule has 0 saturated heterocycles. The van der Waals surface area contributed by atoms with Crippen LogP contribution in [0.15, 0.2) is 27.1 Å². The van der Waals surface area contributed by atoms with Gasteiger partial charge in [-0.25, -0.2) is 0 Å². The van der Waals surface area contributed by atoms with Crippen LogP contribution >= 0.6 is 31.9 Å². The summed E-state index contributed by atoms with van der Waals surface area (Å²) in [5.74, 6) is 0. The minimum atomic E-state index is 0.690. The normalized spacial score (nSPS) is 10.1. The molecule has 1 aromatic carbocycles.